The number of ether oxygens (including phenoxy) is 2. The van der Waals surface area contributed by atoms with Gasteiger partial charge in [0.15, 0.2) is 16.6 Å². The predicted molar refractivity (Wildman–Crippen MR) is 111 cm³/mol. The summed E-state index contributed by atoms with van der Waals surface area (Å²) < 4.78 is 10.6. The van der Waals surface area contributed by atoms with E-state index in [0.29, 0.717) is 28.1 Å². The number of anilines is 2. The number of nitrogens with zero attached hydrogens (tertiary/aromatic N) is 1. The van der Waals surface area contributed by atoms with E-state index in [9.17, 15) is 4.79 Å². The molecule has 0 aliphatic rings. The third-order valence-electron chi connectivity index (χ3n) is 3.68. The molecule has 6 nitrogen and oxygen atoms in total. The number of thioether (sulfide) groups is 1. The van der Waals surface area contributed by atoms with Crippen LogP contribution in [0, 0.1) is 0 Å². The number of aromatic nitrogens is 1. The Balaban J connectivity index is 1.62. The molecular weight excluding hydrogens is 382 g/mol. The van der Waals surface area contributed by atoms with Gasteiger partial charge in [-0.2, -0.15) is 0 Å². The zero-order chi connectivity index (χ0) is 19.2. The minimum absolute atomic E-state index is 0.106. The van der Waals surface area contributed by atoms with Crippen LogP contribution in [0.15, 0.2) is 52.7 Å². The second kappa shape index (κ2) is 8.79. The minimum Gasteiger partial charge on any atom is -0.493 e. The van der Waals surface area contributed by atoms with Crippen LogP contribution in [0.25, 0.3) is 11.3 Å². The first-order valence-corrected chi connectivity index (χ1v) is 9.91. The van der Waals surface area contributed by atoms with Gasteiger partial charge >= 0.3 is 0 Å². The Bertz CT molecular complexity index is 926. The first-order chi connectivity index (χ1) is 13.1. The number of benzene rings is 2. The normalized spacial score (nSPS) is 10.4. The summed E-state index contributed by atoms with van der Waals surface area (Å²) in [5, 5.41) is 5.28. The number of hydrogen-bond donors (Lipinski definition) is 2. The molecule has 27 heavy (non-hydrogen) atoms. The van der Waals surface area contributed by atoms with Gasteiger partial charge in [-0.25, -0.2) is 4.98 Å². The number of nitrogen functional groups attached to an aromatic ring is 1. The van der Waals surface area contributed by atoms with Crippen molar-refractivity contribution in [2.45, 2.75) is 4.90 Å². The molecule has 1 aromatic heterocycles. The van der Waals surface area contributed by atoms with E-state index in [2.05, 4.69) is 10.3 Å². The van der Waals surface area contributed by atoms with Crippen LogP contribution in [0.3, 0.4) is 0 Å². The standard InChI is InChI=1S/C19H19N3O3S2/c1-24-16-8-3-12(9-17(16)25-2)15-10-27-19(21-15)22-18(23)11-26-14-6-4-13(20)5-7-14/h3-10H,11,20H2,1-2H3,(H,21,22,23). The highest BCUT2D eigenvalue weighted by Crippen LogP contribution is 2.33. The van der Waals surface area contributed by atoms with Crippen molar-refractivity contribution in [1.82, 2.24) is 4.98 Å². The fourth-order valence-electron chi connectivity index (χ4n) is 2.33. The largest absolute Gasteiger partial charge is 0.493 e. The third kappa shape index (κ3) is 4.93. The van der Waals surface area contributed by atoms with Gasteiger partial charge in [-0.3, -0.25) is 4.79 Å². The van der Waals surface area contributed by atoms with Crippen molar-refractivity contribution < 1.29 is 14.3 Å². The van der Waals surface area contributed by atoms with Gasteiger partial charge in [0.05, 0.1) is 25.7 Å². The molecule has 0 aliphatic carbocycles. The average molecular weight is 402 g/mol. The molecule has 0 unspecified atom stereocenters. The molecular formula is C19H19N3O3S2. The van der Waals surface area contributed by atoms with Gasteiger partial charge in [0.1, 0.15) is 0 Å². The molecule has 1 amide bonds. The van der Waals surface area contributed by atoms with E-state index in [4.69, 9.17) is 15.2 Å². The van der Waals surface area contributed by atoms with Crippen LogP contribution in [-0.4, -0.2) is 30.9 Å². The van der Waals surface area contributed by atoms with Gasteiger partial charge in [0.25, 0.3) is 0 Å². The van der Waals surface area contributed by atoms with Crippen LogP contribution in [-0.2, 0) is 4.79 Å². The molecule has 3 aromatic rings. The molecule has 140 valence electrons. The topological polar surface area (TPSA) is 86.5 Å². The molecule has 0 spiro atoms. The second-order valence-electron chi connectivity index (χ2n) is 5.51. The Morgan fingerprint density at radius 2 is 1.89 bits per heavy atom. The summed E-state index contributed by atoms with van der Waals surface area (Å²) in [7, 11) is 3.18. The van der Waals surface area contributed by atoms with Crippen molar-refractivity contribution in [2.75, 3.05) is 31.0 Å². The fourth-order valence-corrected chi connectivity index (χ4v) is 3.76. The minimum atomic E-state index is -0.106. The Morgan fingerprint density at radius 1 is 1.15 bits per heavy atom. The number of amides is 1. The summed E-state index contributed by atoms with van der Waals surface area (Å²) in [4.78, 5) is 17.6. The van der Waals surface area contributed by atoms with Crippen molar-refractivity contribution >= 4 is 39.8 Å². The van der Waals surface area contributed by atoms with Gasteiger partial charge in [-0.1, -0.05) is 0 Å². The number of methoxy groups -OCH3 is 2. The first-order valence-electron chi connectivity index (χ1n) is 8.05. The molecule has 0 atom stereocenters. The Labute approximate surface area is 165 Å². The highest BCUT2D eigenvalue weighted by Gasteiger charge is 2.11. The van der Waals surface area contributed by atoms with E-state index in [1.54, 1.807) is 14.2 Å². The number of carbonyl (C=O) groups excluding carboxylic acids is 1. The number of hydrogen-bond acceptors (Lipinski definition) is 7. The van der Waals surface area contributed by atoms with Crippen molar-refractivity contribution in [3.8, 4) is 22.8 Å². The zero-order valence-corrected chi connectivity index (χ0v) is 16.5. The third-order valence-corrected chi connectivity index (χ3v) is 5.45. The quantitative estimate of drug-likeness (QED) is 0.457. The summed E-state index contributed by atoms with van der Waals surface area (Å²) in [6.07, 6.45) is 0. The SMILES string of the molecule is COc1ccc(-c2csc(NC(=O)CSc3ccc(N)cc3)n2)cc1OC. The van der Waals surface area contributed by atoms with Crippen LogP contribution < -0.4 is 20.5 Å². The summed E-state index contributed by atoms with van der Waals surface area (Å²) in [5.41, 5.74) is 8.02. The number of nitrogens with two attached hydrogens (primary N) is 1. The number of nitrogens with one attached hydrogen (secondary N) is 1. The molecule has 8 heteroatoms. The number of thiazole rings is 1. The lowest BCUT2D eigenvalue weighted by Crippen LogP contribution is -2.13. The molecule has 0 radical (unpaired) electrons. The van der Waals surface area contributed by atoms with Crippen molar-refractivity contribution in [3.63, 3.8) is 0 Å². The Hall–Kier alpha value is -2.71. The Morgan fingerprint density at radius 3 is 2.59 bits per heavy atom. The molecule has 2 aromatic carbocycles. The molecule has 1 heterocycles. The fraction of sp³-hybridized carbons (Fsp3) is 0.158. The summed E-state index contributed by atoms with van der Waals surface area (Å²) >= 11 is 2.83. The molecule has 3 rings (SSSR count). The molecule has 0 saturated heterocycles. The number of rotatable bonds is 7. The van der Waals surface area contributed by atoms with E-state index in [1.165, 1.54) is 23.1 Å². The van der Waals surface area contributed by atoms with Gasteiger partial charge in [-0.05, 0) is 42.5 Å². The molecule has 0 aliphatic heterocycles. The lowest BCUT2D eigenvalue weighted by atomic mass is 10.1. The van der Waals surface area contributed by atoms with Crippen molar-refractivity contribution in [3.05, 3.63) is 47.8 Å². The van der Waals surface area contributed by atoms with E-state index in [0.717, 1.165) is 16.2 Å². The highest BCUT2D eigenvalue weighted by molar-refractivity contribution is 8.00. The maximum Gasteiger partial charge on any atom is 0.236 e. The van der Waals surface area contributed by atoms with Crippen LogP contribution in [0.4, 0.5) is 10.8 Å². The monoisotopic (exact) mass is 401 g/mol. The molecule has 0 fully saturated rings. The molecule has 3 N–H and O–H groups in total. The zero-order valence-electron chi connectivity index (χ0n) is 14.9. The summed E-state index contributed by atoms with van der Waals surface area (Å²) in [6.45, 7) is 0. The van der Waals surface area contributed by atoms with Crippen molar-refractivity contribution in [2.24, 2.45) is 0 Å². The van der Waals surface area contributed by atoms with Crippen LogP contribution in [0.1, 0.15) is 0 Å². The summed E-state index contributed by atoms with van der Waals surface area (Å²) in [5.74, 6) is 1.48. The number of carbonyl (C=O) groups is 1. The first kappa shape index (κ1) is 19.1. The van der Waals surface area contributed by atoms with Gasteiger partial charge in [0, 0.05) is 21.5 Å². The maximum atomic E-state index is 12.2. The van der Waals surface area contributed by atoms with E-state index in [-0.39, 0.29) is 5.91 Å². The summed E-state index contributed by atoms with van der Waals surface area (Å²) in [6, 6.07) is 13.0. The van der Waals surface area contributed by atoms with Gasteiger partial charge < -0.3 is 20.5 Å². The molecule has 0 saturated carbocycles. The Kier molecular flexibility index (Phi) is 6.20. The smallest absolute Gasteiger partial charge is 0.236 e. The maximum absolute atomic E-state index is 12.2. The van der Waals surface area contributed by atoms with Crippen molar-refractivity contribution in [1.29, 1.82) is 0 Å². The second-order valence-corrected chi connectivity index (χ2v) is 7.42. The lowest BCUT2D eigenvalue weighted by molar-refractivity contribution is -0.113. The van der Waals surface area contributed by atoms with Gasteiger partial charge in [0.2, 0.25) is 5.91 Å². The lowest BCUT2D eigenvalue weighted by Gasteiger charge is -2.08. The van der Waals surface area contributed by atoms with Crippen LogP contribution in [0.5, 0.6) is 11.5 Å². The van der Waals surface area contributed by atoms with Gasteiger partial charge in [-0.15, -0.1) is 23.1 Å². The predicted octanol–water partition coefficient (Wildman–Crippen LogP) is 4.14. The van der Waals surface area contributed by atoms with E-state index in [1.807, 2.05) is 47.8 Å². The average Bonchev–Trinajstić information content (AvgIpc) is 3.15. The van der Waals surface area contributed by atoms with E-state index < -0.39 is 0 Å². The van der Waals surface area contributed by atoms with Crippen LogP contribution in [0.2, 0.25) is 0 Å². The van der Waals surface area contributed by atoms with E-state index >= 15 is 0 Å². The highest BCUT2D eigenvalue weighted by atomic mass is 32.2. The molecule has 0 bridgehead atoms. The van der Waals surface area contributed by atoms with Crippen LogP contribution >= 0.6 is 23.1 Å².